The van der Waals surface area contributed by atoms with Crippen LogP contribution in [0.2, 0.25) is 0 Å². The molecule has 190 valence electrons. The summed E-state index contributed by atoms with van der Waals surface area (Å²) in [7, 11) is 0. The molecule has 0 aliphatic rings. The third kappa shape index (κ3) is 5.30. The zero-order chi connectivity index (χ0) is 26.6. The number of pyridine rings is 1. The van der Waals surface area contributed by atoms with Gasteiger partial charge in [-0.3, -0.25) is 0 Å². The fourth-order valence-corrected chi connectivity index (χ4v) is 4.76. The number of aryl methyl sites for hydroxylation is 3. The molecule has 0 radical (unpaired) electrons. The Bertz CT molecular complexity index is 1590. The standard InChI is InChI=1S/C34H31NO3/c1-5-25-11-15-29(16-12-25)38-34(36)31-24(4)33(35-32-23(3)19-22(2)20-30(31)32)27-13-17-28(18-14-27)37-21-26-9-7-6-8-10-26/h6-20H,5,21H2,1-4H3. The summed E-state index contributed by atoms with van der Waals surface area (Å²) >= 11 is 0. The number of rotatable bonds is 7. The zero-order valence-electron chi connectivity index (χ0n) is 22.2. The van der Waals surface area contributed by atoms with E-state index in [0.717, 1.165) is 56.6 Å². The predicted molar refractivity (Wildman–Crippen MR) is 153 cm³/mol. The maximum absolute atomic E-state index is 13.6. The van der Waals surface area contributed by atoms with E-state index >= 15 is 0 Å². The lowest BCUT2D eigenvalue weighted by molar-refractivity contribution is 0.0736. The van der Waals surface area contributed by atoms with Gasteiger partial charge in [0.2, 0.25) is 0 Å². The minimum atomic E-state index is -0.381. The van der Waals surface area contributed by atoms with Gasteiger partial charge in [-0.05, 0) is 91.9 Å². The molecule has 0 amide bonds. The minimum Gasteiger partial charge on any atom is -0.489 e. The van der Waals surface area contributed by atoms with E-state index in [9.17, 15) is 4.79 Å². The van der Waals surface area contributed by atoms with Crippen LogP contribution in [0.5, 0.6) is 11.5 Å². The maximum atomic E-state index is 13.6. The van der Waals surface area contributed by atoms with Crippen molar-refractivity contribution in [3.63, 3.8) is 0 Å². The van der Waals surface area contributed by atoms with Gasteiger partial charge in [0.25, 0.3) is 0 Å². The number of carbonyl (C=O) groups is 1. The van der Waals surface area contributed by atoms with Crippen molar-refractivity contribution in [1.82, 2.24) is 4.98 Å². The minimum absolute atomic E-state index is 0.381. The Kier molecular flexibility index (Phi) is 7.23. The highest BCUT2D eigenvalue weighted by Crippen LogP contribution is 2.33. The number of hydrogen-bond acceptors (Lipinski definition) is 4. The van der Waals surface area contributed by atoms with Gasteiger partial charge in [0.05, 0.1) is 16.8 Å². The maximum Gasteiger partial charge on any atom is 0.344 e. The van der Waals surface area contributed by atoms with Crippen LogP contribution in [0.15, 0.2) is 91.0 Å². The van der Waals surface area contributed by atoms with Gasteiger partial charge < -0.3 is 9.47 Å². The van der Waals surface area contributed by atoms with E-state index in [1.54, 1.807) is 0 Å². The summed E-state index contributed by atoms with van der Waals surface area (Å²) in [6.07, 6.45) is 0.931. The summed E-state index contributed by atoms with van der Waals surface area (Å²) in [5.74, 6) is 0.925. The molecular weight excluding hydrogens is 470 g/mol. The molecule has 0 saturated carbocycles. The second kappa shape index (κ2) is 10.9. The topological polar surface area (TPSA) is 48.4 Å². The summed E-state index contributed by atoms with van der Waals surface area (Å²) < 4.78 is 11.8. The Morgan fingerprint density at radius 1 is 0.789 bits per heavy atom. The average Bonchev–Trinajstić information content (AvgIpc) is 2.93. The third-order valence-corrected chi connectivity index (χ3v) is 6.79. The van der Waals surface area contributed by atoms with Crippen molar-refractivity contribution >= 4 is 16.9 Å². The molecule has 4 nitrogen and oxygen atoms in total. The Morgan fingerprint density at radius 2 is 1.47 bits per heavy atom. The van der Waals surface area contributed by atoms with Crippen LogP contribution < -0.4 is 9.47 Å². The molecule has 5 rings (SSSR count). The first-order chi connectivity index (χ1) is 18.4. The molecule has 4 aromatic carbocycles. The van der Waals surface area contributed by atoms with Crippen LogP contribution in [-0.4, -0.2) is 11.0 Å². The Morgan fingerprint density at radius 3 is 2.16 bits per heavy atom. The summed E-state index contributed by atoms with van der Waals surface area (Å²) in [5, 5.41) is 0.807. The molecule has 0 aliphatic carbocycles. The first-order valence-corrected chi connectivity index (χ1v) is 12.9. The molecule has 0 atom stereocenters. The Hall–Kier alpha value is -4.44. The van der Waals surface area contributed by atoms with Crippen LogP contribution in [0, 0.1) is 20.8 Å². The van der Waals surface area contributed by atoms with Gasteiger partial charge in [0, 0.05) is 10.9 Å². The third-order valence-electron chi connectivity index (χ3n) is 6.79. The highest BCUT2D eigenvalue weighted by atomic mass is 16.5. The van der Waals surface area contributed by atoms with Crippen molar-refractivity contribution < 1.29 is 14.3 Å². The average molecular weight is 502 g/mol. The number of esters is 1. The van der Waals surface area contributed by atoms with Crippen molar-refractivity contribution in [2.75, 3.05) is 0 Å². The molecular formula is C34H31NO3. The van der Waals surface area contributed by atoms with Crippen molar-refractivity contribution in [1.29, 1.82) is 0 Å². The molecule has 0 aliphatic heterocycles. The molecule has 5 aromatic rings. The molecule has 0 bridgehead atoms. The number of nitrogens with zero attached hydrogens (tertiary/aromatic N) is 1. The lowest BCUT2D eigenvalue weighted by atomic mass is 9.95. The van der Waals surface area contributed by atoms with E-state index < -0.39 is 0 Å². The van der Waals surface area contributed by atoms with E-state index in [1.807, 2.05) is 106 Å². The number of benzene rings is 4. The fourth-order valence-electron chi connectivity index (χ4n) is 4.76. The van der Waals surface area contributed by atoms with Gasteiger partial charge in [-0.1, -0.05) is 61.0 Å². The van der Waals surface area contributed by atoms with Crippen LogP contribution in [0.25, 0.3) is 22.2 Å². The van der Waals surface area contributed by atoms with Gasteiger partial charge in [0.1, 0.15) is 18.1 Å². The van der Waals surface area contributed by atoms with Crippen LogP contribution in [0.1, 0.15) is 45.1 Å². The lowest BCUT2D eigenvalue weighted by Gasteiger charge is -2.16. The lowest BCUT2D eigenvalue weighted by Crippen LogP contribution is -2.13. The fraction of sp³-hybridized carbons (Fsp3) is 0.176. The van der Waals surface area contributed by atoms with E-state index in [2.05, 4.69) is 13.0 Å². The molecule has 38 heavy (non-hydrogen) atoms. The summed E-state index contributed by atoms with van der Waals surface area (Å²) in [6.45, 7) is 8.60. The normalized spacial score (nSPS) is 10.9. The van der Waals surface area contributed by atoms with Crippen LogP contribution in [0.4, 0.5) is 0 Å². The molecule has 0 N–H and O–H groups in total. The Balaban J connectivity index is 1.51. The van der Waals surface area contributed by atoms with Crippen molar-refractivity contribution in [2.24, 2.45) is 0 Å². The second-order valence-corrected chi connectivity index (χ2v) is 9.62. The first-order valence-electron chi connectivity index (χ1n) is 12.9. The van der Waals surface area contributed by atoms with Crippen LogP contribution in [0.3, 0.4) is 0 Å². The smallest absolute Gasteiger partial charge is 0.344 e. The zero-order valence-corrected chi connectivity index (χ0v) is 22.2. The van der Waals surface area contributed by atoms with Crippen molar-refractivity contribution in [3.05, 3.63) is 124 Å². The van der Waals surface area contributed by atoms with Crippen molar-refractivity contribution in [3.8, 4) is 22.8 Å². The molecule has 1 heterocycles. The van der Waals surface area contributed by atoms with E-state index in [0.29, 0.717) is 17.9 Å². The van der Waals surface area contributed by atoms with Crippen LogP contribution in [-0.2, 0) is 13.0 Å². The molecule has 0 saturated heterocycles. The number of aromatic nitrogens is 1. The summed E-state index contributed by atoms with van der Waals surface area (Å²) in [6, 6.07) is 29.7. The number of ether oxygens (including phenoxy) is 2. The molecule has 4 heteroatoms. The van der Waals surface area contributed by atoms with Gasteiger partial charge in [-0.2, -0.15) is 0 Å². The van der Waals surface area contributed by atoms with Gasteiger partial charge in [-0.25, -0.2) is 9.78 Å². The van der Waals surface area contributed by atoms with E-state index in [-0.39, 0.29) is 5.97 Å². The predicted octanol–water partition coefficient (Wildman–Crippen LogP) is 8.19. The summed E-state index contributed by atoms with van der Waals surface area (Å²) in [5.41, 5.74) is 8.20. The number of carbonyl (C=O) groups excluding carboxylic acids is 1. The van der Waals surface area contributed by atoms with E-state index in [1.165, 1.54) is 5.56 Å². The molecule has 0 spiro atoms. The summed E-state index contributed by atoms with van der Waals surface area (Å²) in [4.78, 5) is 18.6. The Labute approximate surface area is 223 Å². The molecule has 1 aromatic heterocycles. The number of hydrogen-bond donors (Lipinski definition) is 0. The highest BCUT2D eigenvalue weighted by molar-refractivity contribution is 6.08. The second-order valence-electron chi connectivity index (χ2n) is 9.62. The highest BCUT2D eigenvalue weighted by Gasteiger charge is 2.22. The largest absolute Gasteiger partial charge is 0.489 e. The van der Waals surface area contributed by atoms with Gasteiger partial charge in [0.15, 0.2) is 0 Å². The SMILES string of the molecule is CCc1ccc(OC(=O)c2c(C)c(-c3ccc(OCc4ccccc4)cc3)nc3c(C)cc(C)cc23)cc1. The van der Waals surface area contributed by atoms with Gasteiger partial charge in [-0.15, -0.1) is 0 Å². The quantitative estimate of drug-likeness (QED) is 0.167. The van der Waals surface area contributed by atoms with E-state index in [4.69, 9.17) is 14.5 Å². The van der Waals surface area contributed by atoms with Crippen LogP contribution >= 0.6 is 0 Å². The monoisotopic (exact) mass is 501 g/mol. The van der Waals surface area contributed by atoms with Crippen molar-refractivity contribution in [2.45, 2.75) is 40.7 Å². The van der Waals surface area contributed by atoms with Gasteiger partial charge >= 0.3 is 5.97 Å². The first kappa shape index (κ1) is 25.2. The molecule has 0 fully saturated rings. The number of fused-ring (bicyclic) bond motifs is 1. The molecule has 0 unspecified atom stereocenters.